The predicted molar refractivity (Wildman–Crippen MR) is 98.8 cm³/mol. The van der Waals surface area contributed by atoms with Gasteiger partial charge in [0.1, 0.15) is 0 Å². The summed E-state index contributed by atoms with van der Waals surface area (Å²) in [5.41, 5.74) is 1.27. The zero-order valence-corrected chi connectivity index (χ0v) is 15.1. The number of hydrogen-bond donors (Lipinski definition) is 1. The van der Waals surface area contributed by atoms with Crippen LogP contribution in [0, 0.1) is 5.41 Å². The summed E-state index contributed by atoms with van der Waals surface area (Å²) < 4.78 is 2.01. The number of benzene rings is 1. The molecule has 1 spiro atoms. The number of piperidine rings is 1. The molecule has 2 amide bonds. The lowest BCUT2D eigenvalue weighted by molar-refractivity contribution is -0.146. The van der Waals surface area contributed by atoms with Crippen LogP contribution in [0.1, 0.15) is 29.6 Å². The lowest BCUT2D eigenvalue weighted by atomic mass is 9.78. The third-order valence-corrected chi connectivity index (χ3v) is 5.99. The number of likely N-dealkylation sites (tertiary alicyclic amines) is 2. The average molecular weight is 355 g/mol. The number of amides is 2. The van der Waals surface area contributed by atoms with E-state index in [1.165, 1.54) is 0 Å². The second-order valence-electron chi connectivity index (χ2n) is 7.54. The zero-order valence-electron chi connectivity index (χ0n) is 15.1. The first-order valence-corrected chi connectivity index (χ1v) is 9.29. The number of hydrogen-bond acceptors (Lipinski definition) is 3. The van der Waals surface area contributed by atoms with Crippen LogP contribution in [0.5, 0.6) is 0 Å². The number of rotatable bonds is 3. The summed E-state index contributed by atoms with van der Waals surface area (Å²) in [6.45, 7) is 2.17. The van der Waals surface area contributed by atoms with Gasteiger partial charge in [0.15, 0.2) is 0 Å². The van der Waals surface area contributed by atoms with Crippen LogP contribution in [0.4, 0.5) is 0 Å². The van der Waals surface area contributed by atoms with Gasteiger partial charge >= 0.3 is 0 Å². The molecule has 26 heavy (non-hydrogen) atoms. The fourth-order valence-corrected chi connectivity index (χ4v) is 4.57. The Hall–Kier alpha value is -2.34. The van der Waals surface area contributed by atoms with Crippen molar-refractivity contribution < 1.29 is 14.7 Å². The van der Waals surface area contributed by atoms with E-state index in [9.17, 15) is 14.7 Å². The predicted octanol–water partition coefficient (Wildman–Crippen LogP) is 1.63. The van der Waals surface area contributed by atoms with Crippen LogP contribution in [-0.4, -0.2) is 64.1 Å². The van der Waals surface area contributed by atoms with E-state index in [1.54, 1.807) is 4.90 Å². The number of aryl methyl sites for hydroxylation is 1. The molecule has 2 aliphatic rings. The maximum atomic E-state index is 13.2. The monoisotopic (exact) mass is 355 g/mol. The fourth-order valence-electron chi connectivity index (χ4n) is 4.57. The third-order valence-electron chi connectivity index (χ3n) is 5.99. The van der Waals surface area contributed by atoms with Crippen molar-refractivity contribution in [2.45, 2.75) is 19.3 Å². The Kier molecular flexibility index (Phi) is 4.23. The summed E-state index contributed by atoms with van der Waals surface area (Å²) in [6, 6.07) is 7.77. The molecule has 1 aromatic heterocycles. The van der Waals surface area contributed by atoms with Gasteiger partial charge in [-0.2, -0.15) is 0 Å². The highest BCUT2D eigenvalue weighted by Crippen LogP contribution is 2.40. The van der Waals surface area contributed by atoms with E-state index >= 15 is 0 Å². The second-order valence-corrected chi connectivity index (χ2v) is 7.54. The van der Waals surface area contributed by atoms with Gasteiger partial charge < -0.3 is 19.5 Å². The Morgan fingerprint density at radius 1 is 1.23 bits per heavy atom. The number of β-amino-alcohol motifs (C(OH)–C–C–N with tert-alkyl or cyclic N) is 1. The Balaban J connectivity index is 1.58. The van der Waals surface area contributed by atoms with E-state index in [-0.39, 0.29) is 18.4 Å². The smallest absolute Gasteiger partial charge is 0.254 e. The topological polar surface area (TPSA) is 65.8 Å². The molecule has 1 aromatic carbocycles. The van der Waals surface area contributed by atoms with Crippen LogP contribution in [0.3, 0.4) is 0 Å². The molecule has 3 heterocycles. The lowest BCUT2D eigenvalue weighted by Crippen LogP contribution is -2.51. The Labute approximate surface area is 153 Å². The summed E-state index contributed by atoms with van der Waals surface area (Å²) >= 11 is 0. The number of nitrogens with zero attached hydrogens (tertiary/aromatic N) is 3. The molecule has 1 unspecified atom stereocenters. The van der Waals surface area contributed by atoms with Crippen LogP contribution in [0.15, 0.2) is 30.5 Å². The Morgan fingerprint density at radius 3 is 2.88 bits per heavy atom. The molecule has 2 aromatic rings. The third kappa shape index (κ3) is 2.60. The van der Waals surface area contributed by atoms with Crippen LogP contribution in [0.2, 0.25) is 0 Å². The highest BCUT2D eigenvalue weighted by atomic mass is 16.3. The maximum absolute atomic E-state index is 13.2. The first-order valence-electron chi connectivity index (χ1n) is 9.29. The van der Waals surface area contributed by atoms with Crippen molar-refractivity contribution in [1.82, 2.24) is 14.4 Å². The van der Waals surface area contributed by atoms with E-state index in [0.717, 1.165) is 23.7 Å². The summed E-state index contributed by atoms with van der Waals surface area (Å²) in [6.07, 6.45) is 4.43. The summed E-state index contributed by atoms with van der Waals surface area (Å²) in [7, 11) is 1.97. The largest absolute Gasteiger partial charge is 0.395 e. The standard InChI is InChI=1S/C20H25N3O3/c1-21-10-6-15-16(4-2-5-17(15)21)18(25)23-11-8-20(14-23)7-3-9-22(12-13-24)19(20)26/h2,4-6,10,24H,3,7-9,11-14H2,1H3. The molecule has 6 heteroatoms. The van der Waals surface area contributed by atoms with Gasteiger partial charge in [-0.3, -0.25) is 9.59 Å². The number of carbonyl (C=O) groups is 2. The quantitative estimate of drug-likeness (QED) is 0.910. The van der Waals surface area contributed by atoms with Crippen LogP contribution < -0.4 is 0 Å². The molecule has 2 aliphatic heterocycles. The van der Waals surface area contributed by atoms with Crippen LogP contribution >= 0.6 is 0 Å². The van der Waals surface area contributed by atoms with E-state index in [0.29, 0.717) is 38.2 Å². The molecule has 2 saturated heterocycles. The average Bonchev–Trinajstić information content (AvgIpc) is 3.24. The molecule has 1 atom stereocenters. The molecule has 0 aliphatic carbocycles. The van der Waals surface area contributed by atoms with E-state index in [2.05, 4.69) is 0 Å². The van der Waals surface area contributed by atoms with Crippen LogP contribution in [0.25, 0.3) is 10.9 Å². The Bertz CT molecular complexity index is 857. The molecular weight excluding hydrogens is 330 g/mol. The summed E-state index contributed by atoms with van der Waals surface area (Å²) in [5.74, 6) is 0.108. The highest BCUT2D eigenvalue weighted by molar-refractivity contribution is 6.07. The van der Waals surface area contributed by atoms with Crippen LogP contribution in [-0.2, 0) is 11.8 Å². The molecule has 1 N–H and O–H groups in total. The van der Waals surface area contributed by atoms with Gasteiger partial charge in [-0.1, -0.05) is 6.07 Å². The molecular formula is C20H25N3O3. The van der Waals surface area contributed by atoms with Gasteiger partial charge in [-0.05, 0) is 37.5 Å². The number of aliphatic hydroxyl groups excluding tert-OH is 1. The molecule has 6 nitrogen and oxygen atoms in total. The van der Waals surface area contributed by atoms with Crippen molar-refractivity contribution in [3.8, 4) is 0 Å². The normalized spacial score (nSPS) is 23.4. The first kappa shape index (κ1) is 17.1. The number of aromatic nitrogens is 1. The molecule has 0 saturated carbocycles. The van der Waals surface area contributed by atoms with Crippen molar-refractivity contribution in [1.29, 1.82) is 0 Å². The van der Waals surface area contributed by atoms with Crippen molar-refractivity contribution >= 4 is 22.7 Å². The summed E-state index contributed by atoms with van der Waals surface area (Å²) in [4.78, 5) is 29.7. The fraction of sp³-hybridized carbons (Fsp3) is 0.500. The zero-order chi connectivity index (χ0) is 18.3. The minimum atomic E-state index is -0.465. The molecule has 0 bridgehead atoms. The molecule has 2 fully saturated rings. The van der Waals surface area contributed by atoms with Crippen molar-refractivity contribution in [2.24, 2.45) is 12.5 Å². The van der Waals surface area contributed by atoms with Gasteiger partial charge in [0.25, 0.3) is 5.91 Å². The van der Waals surface area contributed by atoms with E-state index in [4.69, 9.17) is 0 Å². The molecule has 0 radical (unpaired) electrons. The van der Waals surface area contributed by atoms with Crippen molar-refractivity contribution in [3.63, 3.8) is 0 Å². The number of fused-ring (bicyclic) bond motifs is 1. The van der Waals surface area contributed by atoms with E-state index < -0.39 is 5.41 Å². The minimum Gasteiger partial charge on any atom is -0.395 e. The SMILES string of the molecule is Cn1ccc2c(C(=O)N3CCC4(CCCN(CCO)C4=O)C3)cccc21. The first-order chi connectivity index (χ1) is 12.6. The number of aliphatic hydroxyl groups is 1. The second kappa shape index (κ2) is 6.43. The summed E-state index contributed by atoms with van der Waals surface area (Å²) in [5, 5.41) is 10.2. The molecule has 138 valence electrons. The molecule has 4 rings (SSSR count). The van der Waals surface area contributed by atoms with Crippen molar-refractivity contribution in [2.75, 3.05) is 32.8 Å². The maximum Gasteiger partial charge on any atom is 0.254 e. The van der Waals surface area contributed by atoms with Crippen molar-refractivity contribution in [3.05, 3.63) is 36.0 Å². The number of carbonyl (C=O) groups excluding carboxylic acids is 2. The van der Waals surface area contributed by atoms with E-state index in [1.807, 2.05) is 47.0 Å². The Morgan fingerprint density at radius 2 is 2.08 bits per heavy atom. The van der Waals surface area contributed by atoms with Gasteiger partial charge in [-0.15, -0.1) is 0 Å². The van der Waals surface area contributed by atoms with Gasteiger partial charge in [0.2, 0.25) is 5.91 Å². The minimum absolute atomic E-state index is 0.00533. The van der Waals surface area contributed by atoms with Gasteiger partial charge in [-0.25, -0.2) is 0 Å². The van der Waals surface area contributed by atoms with Gasteiger partial charge in [0, 0.05) is 55.9 Å². The van der Waals surface area contributed by atoms with Gasteiger partial charge in [0.05, 0.1) is 12.0 Å². The lowest BCUT2D eigenvalue weighted by Gasteiger charge is -2.39. The highest BCUT2D eigenvalue weighted by Gasteiger charge is 2.49.